The van der Waals surface area contributed by atoms with Crippen molar-refractivity contribution in [2.24, 2.45) is 7.05 Å². The van der Waals surface area contributed by atoms with Crippen molar-refractivity contribution in [2.45, 2.75) is 0 Å². The van der Waals surface area contributed by atoms with E-state index in [9.17, 15) is 0 Å². The van der Waals surface area contributed by atoms with Crippen LogP contribution < -0.4 is 0 Å². The van der Waals surface area contributed by atoms with Gasteiger partial charge in [0.05, 0.1) is 27.4 Å². The molecule has 0 radical (unpaired) electrons. The molecule has 0 fully saturated rings. The lowest BCUT2D eigenvalue weighted by Gasteiger charge is -2.13. The summed E-state index contributed by atoms with van der Waals surface area (Å²) in [7, 11) is 2.05. The van der Waals surface area contributed by atoms with E-state index in [2.05, 4.69) is 22.8 Å². The largest absolute Gasteiger partial charge is 0.341 e. The monoisotopic (exact) mass is 394 g/mol. The van der Waals surface area contributed by atoms with E-state index in [4.69, 9.17) is 16.6 Å². The van der Waals surface area contributed by atoms with Crippen LogP contribution in [0, 0.1) is 0 Å². The van der Waals surface area contributed by atoms with E-state index >= 15 is 0 Å². The lowest BCUT2D eigenvalue weighted by Crippen LogP contribution is -1.99. The summed E-state index contributed by atoms with van der Waals surface area (Å²) in [4.78, 5) is 4.69. The van der Waals surface area contributed by atoms with Crippen molar-refractivity contribution in [1.29, 1.82) is 0 Å². The van der Waals surface area contributed by atoms with Gasteiger partial charge in [0, 0.05) is 17.8 Å². The van der Waals surface area contributed by atoms with Crippen LogP contribution in [0.1, 0.15) is 0 Å². The Labute approximate surface area is 138 Å². The SMILES string of the molecule is Cn1c2c3ccccc3nc-2cc2cccc(Cl)c21.I. The van der Waals surface area contributed by atoms with Gasteiger partial charge in [0.25, 0.3) is 0 Å². The average Bonchev–Trinajstić information content (AvgIpc) is 2.77. The average molecular weight is 395 g/mol. The molecule has 2 aromatic rings. The van der Waals surface area contributed by atoms with E-state index in [1.54, 1.807) is 0 Å². The second kappa shape index (κ2) is 4.90. The van der Waals surface area contributed by atoms with Crippen molar-refractivity contribution in [1.82, 2.24) is 9.55 Å². The highest BCUT2D eigenvalue weighted by Crippen LogP contribution is 2.35. The molecule has 100 valence electrons. The number of hydrogen-bond acceptors (Lipinski definition) is 1. The lowest BCUT2D eigenvalue weighted by atomic mass is 10.1. The van der Waals surface area contributed by atoms with E-state index in [-0.39, 0.29) is 24.0 Å². The summed E-state index contributed by atoms with van der Waals surface area (Å²) in [6.07, 6.45) is 0. The Morgan fingerprint density at radius 1 is 1.05 bits per heavy atom. The molecule has 2 aliphatic heterocycles. The molecular formula is C16H12ClIN2. The van der Waals surface area contributed by atoms with Crippen LogP contribution in [-0.2, 0) is 7.05 Å². The molecule has 2 heterocycles. The maximum Gasteiger partial charge on any atom is 0.0887 e. The number of rotatable bonds is 0. The predicted octanol–water partition coefficient (Wildman–Crippen LogP) is 5.10. The van der Waals surface area contributed by atoms with Crippen molar-refractivity contribution in [3.05, 3.63) is 53.6 Å². The molecule has 0 aliphatic carbocycles. The Bertz CT molecular complexity index is 898. The normalized spacial score (nSPS) is 11.1. The van der Waals surface area contributed by atoms with Gasteiger partial charge in [-0.2, -0.15) is 0 Å². The molecule has 0 spiro atoms. The van der Waals surface area contributed by atoms with Crippen LogP contribution in [0.2, 0.25) is 5.02 Å². The molecule has 0 atom stereocenters. The van der Waals surface area contributed by atoms with Crippen molar-refractivity contribution < 1.29 is 0 Å². The van der Waals surface area contributed by atoms with Crippen LogP contribution in [0.3, 0.4) is 0 Å². The number of fused-ring (bicyclic) bond motifs is 4. The smallest absolute Gasteiger partial charge is 0.0887 e. The van der Waals surface area contributed by atoms with Crippen molar-refractivity contribution >= 4 is 57.4 Å². The number of nitrogens with zero attached hydrogens (tertiary/aromatic N) is 2. The summed E-state index contributed by atoms with van der Waals surface area (Å²) in [5, 5.41) is 3.05. The highest BCUT2D eigenvalue weighted by Gasteiger charge is 2.16. The molecule has 4 heteroatoms. The van der Waals surface area contributed by atoms with Gasteiger partial charge in [0.1, 0.15) is 0 Å². The molecule has 0 bridgehead atoms. The summed E-state index contributed by atoms with van der Waals surface area (Å²) >= 11 is 6.34. The van der Waals surface area contributed by atoms with Crippen LogP contribution in [-0.4, -0.2) is 9.55 Å². The molecule has 0 saturated heterocycles. The molecule has 0 unspecified atom stereocenters. The molecule has 0 aromatic heterocycles. The third kappa shape index (κ3) is 1.80. The highest BCUT2D eigenvalue weighted by atomic mass is 127. The fourth-order valence-corrected chi connectivity index (χ4v) is 3.12. The first-order chi connectivity index (χ1) is 9.25. The summed E-state index contributed by atoms with van der Waals surface area (Å²) < 4.78 is 2.14. The standard InChI is InChI=1S/C16H11ClN2.HI/c1-19-15-10(5-4-7-12(15)17)9-14-16(19)11-6-2-3-8-13(11)18-14;/h2-9H,1H3;1H. The third-order valence-corrected chi connectivity index (χ3v) is 3.93. The van der Waals surface area contributed by atoms with Gasteiger partial charge in [-0.15, -0.1) is 24.0 Å². The van der Waals surface area contributed by atoms with Gasteiger partial charge in [-0.1, -0.05) is 41.9 Å². The Balaban J connectivity index is 0.00000121. The molecule has 2 nitrogen and oxygen atoms in total. The van der Waals surface area contributed by atoms with Gasteiger partial charge < -0.3 is 4.57 Å². The first kappa shape index (κ1) is 13.6. The molecular weight excluding hydrogens is 383 g/mol. The van der Waals surface area contributed by atoms with Crippen molar-refractivity contribution in [3.63, 3.8) is 0 Å². The molecule has 4 rings (SSSR count). The van der Waals surface area contributed by atoms with E-state index < -0.39 is 0 Å². The van der Waals surface area contributed by atoms with Crippen LogP contribution in [0.25, 0.3) is 33.2 Å². The topological polar surface area (TPSA) is 17.8 Å². The third-order valence-electron chi connectivity index (χ3n) is 3.62. The number of pyridine rings is 1. The first-order valence-electron chi connectivity index (χ1n) is 6.18. The maximum absolute atomic E-state index is 6.34. The molecule has 2 aromatic carbocycles. The van der Waals surface area contributed by atoms with Crippen molar-refractivity contribution in [3.8, 4) is 11.4 Å². The summed E-state index contributed by atoms with van der Waals surface area (Å²) in [6, 6.07) is 16.3. The minimum atomic E-state index is 0. The minimum Gasteiger partial charge on any atom is -0.341 e. The number of aryl methyl sites for hydroxylation is 1. The summed E-state index contributed by atoms with van der Waals surface area (Å²) in [5.41, 5.74) is 4.23. The molecule has 0 N–H and O–H groups in total. The fraction of sp³-hybridized carbons (Fsp3) is 0.0625. The van der Waals surface area contributed by atoms with Crippen LogP contribution >= 0.6 is 35.6 Å². The highest BCUT2D eigenvalue weighted by molar-refractivity contribution is 14.0. The number of hydrogen-bond donors (Lipinski definition) is 0. The zero-order valence-electron chi connectivity index (χ0n) is 10.8. The Morgan fingerprint density at radius 3 is 2.70 bits per heavy atom. The maximum atomic E-state index is 6.34. The van der Waals surface area contributed by atoms with Crippen molar-refractivity contribution in [2.75, 3.05) is 0 Å². The first-order valence-corrected chi connectivity index (χ1v) is 6.56. The number of benzene rings is 2. The van der Waals surface area contributed by atoms with E-state index in [0.717, 1.165) is 32.8 Å². The van der Waals surface area contributed by atoms with Crippen LogP contribution in [0.5, 0.6) is 0 Å². The summed E-state index contributed by atoms with van der Waals surface area (Å²) in [5.74, 6) is 0. The number of halogens is 2. The fourth-order valence-electron chi connectivity index (χ4n) is 2.81. The van der Waals surface area contributed by atoms with Gasteiger partial charge in [-0.25, -0.2) is 4.98 Å². The molecule has 20 heavy (non-hydrogen) atoms. The lowest BCUT2D eigenvalue weighted by molar-refractivity contribution is 0.967. The Morgan fingerprint density at radius 2 is 1.85 bits per heavy atom. The molecule has 0 saturated carbocycles. The van der Waals surface area contributed by atoms with Crippen LogP contribution in [0.15, 0.2) is 48.5 Å². The van der Waals surface area contributed by atoms with Gasteiger partial charge in [-0.3, -0.25) is 0 Å². The van der Waals surface area contributed by atoms with Gasteiger partial charge in [0.2, 0.25) is 0 Å². The second-order valence-electron chi connectivity index (χ2n) is 4.74. The van der Waals surface area contributed by atoms with Crippen LogP contribution in [0.4, 0.5) is 0 Å². The van der Waals surface area contributed by atoms with E-state index in [0.29, 0.717) is 0 Å². The number of aromatic nitrogens is 2. The van der Waals surface area contributed by atoms with Gasteiger partial charge >= 0.3 is 0 Å². The van der Waals surface area contributed by atoms with E-state index in [1.165, 1.54) is 5.39 Å². The zero-order chi connectivity index (χ0) is 13.0. The van der Waals surface area contributed by atoms with Gasteiger partial charge in [-0.05, 0) is 18.2 Å². The molecule has 2 aliphatic rings. The Kier molecular flexibility index (Phi) is 3.34. The second-order valence-corrected chi connectivity index (χ2v) is 5.15. The Hall–Kier alpha value is -1.33. The summed E-state index contributed by atoms with van der Waals surface area (Å²) in [6.45, 7) is 0. The van der Waals surface area contributed by atoms with Gasteiger partial charge in [0.15, 0.2) is 0 Å². The predicted molar refractivity (Wildman–Crippen MR) is 95.3 cm³/mol. The number of para-hydroxylation sites is 2. The minimum absolute atomic E-state index is 0. The quantitative estimate of drug-likeness (QED) is 0.379. The molecule has 0 amide bonds. The van der Waals surface area contributed by atoms with E-state index in [1.807, 2.05) is 37.4 Å². The zero-order valence-corrected chi connectivity index (χ0v) is 13.9.